The summed E-state index contributed by atoms with van der Waals surface area (Å²) in [5.41, 5.74) is -1.31. The molecule has 0 spiro atoms. The first-order valence-corrected chi connectivity index (χ1v) is 31.4. The largest absolute Gasteiger partial charge is 0.471 e. The van der Waals surface area contributed by atoms with Gasteiger partial charge in [-0.05, 0) is 83.5 Å². The first kappa shape index (κ1) is 75.6. The summed E-state index contributed by atoms with van der Waals surface area (Å²) in [5.74, 6) is -1.52. The van der Waals surface area contributed by atoms with Crippen molar-refractivity contribution in [3.05, 3.63) is 0 Å². The molecule has 1 aliphatic rings. The zero-order valence-electron chi connectivity index (χ0n) is 49.1. The fourth-order valence-electron chi connectivity index (χ4n) is 8.58. The van der Waals surface area contributed by atoms with Crippen LogP contribution in [0.4, 0.5) is 0 Å². The van der Waals surface area contributed by atoms with Crippen molar-refractivity contribution < 1.29 is 86.4 Å². The summed E-state index contributed by atoms with van der Waals surface area (Å²) in [6.45, 7) is 2.16. The number of amides is 8. The van der Waals surface area contributed by atoms with Crippen molar-refractivity contribution in [1.29, 1.82) is 0 Å². The maximum atomic E-state index is 13.7. The Kier molecular flexibility index (Phi) is 46.1. The number of aliphatic hydroxyl groups is 3. The van der Waals surface area contributed by atoms with Gasteiger partial charge in [0.25, 0.3) is 0 Å². The number of carbonyl (C=O) groups is 8. The molecule has 27 heteroatoms. The van der Waals surface area contributed by atoms with Gasteiger partial charge in [0.2, 0.25) is 47.3 Å². The number of likely N-dealkylation sites (tertiary alicyclic amines) is 1. The van der Waals surface area contributed by atoms with Crippen LogP contribution in [-0.4, -0.2) is 203 Å². The third-order valence-electron chi connectivity index (χ3n) is 13.3. The number of nitrogens with zero attached hydrogens (tertiary/aromatic N) is 1. The van der Waals surface area contributed by atoms with Gasteiger partial charge in [-0.15, -0.1) is 0 Å². The predicted octanol–water partition coefficient (Wildman–Crippen LogP) is 2.07. The molecule has 0 aromatic carbocycles. The minimum atomic E-state index is -4.12. The number of phosphoric ester groups is 1. The molecule has 82 heavy (non-hydrogen) atoms. The molecule has 1 rings (SSSR count). The highest BCUT2D eigenvalue weighted by Gasteiger charge is 2.34. The van der Waals surface area contributed by atoms with Crippen LogP contribution in [-0.2, 0) is 66.2 Å². The van der Waals surface area contributed by atoms with Gasteiger partial charge >= 0.3 is 7.82 Å². The Morgan fingerprint density at radius 3 is 1.16 bits per heavy atom. The number of aliphatic hydroxyl groups excluding tert-OH is 3. The molecule has 26 nitrogen and oxygen atoms in total. The lowest BCUT2D eigenvalue weighted by molar-refractivity contribution is -0.133. The van der Waals surface area contributed by atoms with Gasteiger partial charge in [-0.25, -0.2) is 4.57 Å². The number of ether oxygens (including phenoxy) is 3. The molecule has 0 bridgehead atoms. The monoisotopic (exact) mass is 1190 g/mol. The molecule has 476 valence electrons. The minimum Gasteiger partial charge on any atom is -0.396 e. The van der Waals surface area contributed by atoms with E-state index in [1.165, 1.54) is 0 Å². The molecule has 1 aliphatic heterocycles. The fourth-order valence-corrected chi connectivity index (χ4v) is 9.05. The number of rotatable bonds is 55. The summed E-state index contributed by atoms with van der Waals surface area (Å²) in [6.07, 6.45) is 14.6. The van der Waals surface area contributed by atoms with Crippen LogP contribution >= 0.6 is 7.82 Å². The molecule has 0 aromatic heterocycles. The first-order valence-electron chi connectivity index (χ1n) is 29.9. The Labute approximate surface area is 486 Å². The van der Waals surface area contributed by atoms with Crippen molar-refractivity contribution in [2.75, 3.05) is 119 Å². The van der Waals surface area contributed by atoms with Crippen molar-refractivity contribution in [3.63, 3.8) is 0 Å². The average molecular weight is 1200 g/mol. The number of phosphoric acid groups is 1. The number of hydrogen-bond donors (Lipinski definition) is 11. The van der Waals surface area contributed by atoms with Crippen molar-refractivity contribution >= 4 is 55.1 Å². The van der Waals surface area contributed by atoms with Crippen LogP contribution < -0.4 is 37.2 Å². The van der Waals surface area contributed by atoms with Gasteiger partial charge in [0, 0.05) is 124 Å². The van der Waals surface area contributed by atoms with Crippen LogP contribution in [0.25, 0.3) is 0 Å². The summed E-state index contributed by atoms with van der Waals surface area (Å²) in [4.78, 5) is 112. The van der Waals surface area contributed by atoms with Gasteiger partial charge in [0.15, 0.2) is 0 Å². The second-order valence-electron chi connectivity index (χ2n) is 20.6. The molecular weight excluding hydrogens is 1090 g/mol. The van der Waals surface area contributed by atoms with Crippen LogP contribution in [0.1, 0.15) is 173 Å². The molecule has 0 aliphatic carbocycles. The van der Waals surface area contributed by atoms with Crippen LogP contribution in [0.5, 0.6) is 0 Å². The molecular formula is C55H103N8O18P. The Morgan fingerprint density at radius 1 is 0.463 bits per heavy atom. The van der Waals surface area contributed by atoms with Crippen molar-refractivity contribution in [2.45, 2.75) is 185 Å². The van der Waals surface area contributed by atoms with E-state index in [-0.39, 0.29) is 145 Å². The highest BCUT2D eigenvalue weighted by atomic mass is 31.2. The van der Waals surface area contributed by atoms with Crippen molar-refractivity contribution in [2.24, 2.45) is 0 Å². The Hall–Kier alpha value is -4.37. The van der Waals surface area contributed by atoms with Gasteiger partial charge in [-0.3, -0.25) is 47.4 Å². The summed E-state index contributed by atoms with van der Waals surface area (Å²) in [6, 6.07) is -0.254. The molecule has 1 heterocycles. The van der Waals surface area contributed by atoms with Gasteiger partial charge in [-0.2, -0.15) is 0 Å². The van der Waals surface area contributed by atoms with E-state index in [0.29, 0.717) is 142 Å². The average Bonchev–Trinajstić information content (AvgIpc) is 4.01. The summed E-state index contributed by atoms with van der Waals surface area (Å²) < 4.78 is 39.3. The summed E-state index contributed by atoms with van der Waals surface area (Å²) in [5, 5.41) is 46.6. The Morgan fingerprint density at radius 2 is 0.793 bits per heavy atom. The fraction of sp³-hybridized carbons (Fsp3) is 0.855. The number of hydrogen-bond acceptors (Lipinski definition) is 17. The lowest BCUT2D eigenvalue weighted by atomic mass is 10.0. The molecule has 0 aromatic rings. The van der Waals surface area contributed by atoms with Crippen molar-refractivity contribution in [3.8, 4) is 0 Å². The quantitative estimate of drug-likeness (QED) is 0.0307. The molecule has 0 saturated carbocycles. The molecule has 1 fully saturated rings. The van der Waals surface area contributed by atoms with Gasteiger partial charge in [0.05, 0.1) is 52.3 Å². The van der Waals surface area contributed by atoms with E-state index in [9.17, 15) is 47.8 Å². The molecule has 11 N–H and O–H groups in total. The number of unbranched alkanes of at least 4 members (excludes halogenated alkanes) is 10. The van der Waals surface area contributed by atoms with Crippen LogP contribution in [0.3, 0.4) is 0 Å². The summed E-state index contributed by atoms with van der Waals surface area (Å²) >= 11 is 0. The van der Waals surface area contributed by atoms with E-state index in [0.717, 1.165) is 58.5 Å². The van der Waals surface area contributed by atoms with E-state index >= 15 is 0 Å². The normalized spacial score (nSPS) is 14.0. The highest BCUT2D eigenvalue weighted by Crippen LogP contribution is 2.42. The summed E-state index contributed by atoms with van der Waals surface area (Å²) in [7, 11) is -3.03. The highest BCUT2D eigenvalue weighted by molar-refractivity contribution is 7.47. The number of nitrogens with one attached hydrogen (secondary N) is 7. The van der Waals surface area contributed by atoms with Crippen LogP contribution in [0.15, 0.2) is 0 Å². The third-order valence-corrected chi connectivity index (χ3v) is 14.2. The second kappa shape index (κ2) is 50.0. The molecule has 0 radical (unpaired) electrons. The minimum absolute atomic E-state index is 0.00721. The van der Waals surface area contributed by atoms with Crippen LogP contribution in [0, 0.1) is 0 Å². The van der Waals surface area contributed by atoms with E-state index in [1.54, 1.807) is 4.90 Å². The first-order chi connectivity index (χ1) is 39.6. The van der Waals surface area contributed by atoms with E-state index in [2.05, 4.69) is 41.7 Å². The van der Waals surface area contributed by atoms with Crippen LogP contribution in [0.2, 0.25) is 0 Å². The zero-order chi connectivity index (χ0) is 60.4. The molecule has 1 saturated heterocycles. The maximum absolute atomic E-state index is 13.7. The van der Waals surface area contributed by atoms with Gasteiger partial charge in [-0.1, -0.05) is 38.5 Å². The SMILES string of the molecule is COP(=O)(O)OC[C@@H]1CCCN1C(=O)CCCCCCCCCCC(=O)NC(COCCC(=O)NCCCNC(=O)CCCCO)(COCCC(=O)NCCCNC(=O)CCCCO)COCCC(=O)NCCCNC(=O)CCCCO. The Balaban J connectivity index is 2.88. The lowest BCUT2D eigenvalue weighted by Crippen LogP contribution is -2.58. The maximum Gasteiger partial charge on any atom is 0.471 e. The van der Waals surface area contributed by atoms with Crippen molar-refractivity contribution in [1.82, 2.24) is 42.1 Å². The predicted molar refractivity (Wildman–Crippen MR) is 306 cm³/mol. The zero-order valence-corrected chi connectivity index (χ0v) is 50.0. The second-order valence-corrected chi connectivity index (χ2v) is 22.2. The van der Waals surface area contributed by atoms with E-state index < -0.39 is 13.4 Å². The smallest absolute Gasteiger partial charge is 0.396 e. The van der Waals surface area contributed by atoms with E-state index in [4.69, 9.17) is 34.1 Å². The van der Waals surface area contributed by atoms with Gasteiger partial charge < -0.3 is 76.5 Å². The third kappa shape index (κ3) is 42.4. The Bertz CT molecular complexity index is 1700. The molecule has 8 amide bonds. The standard InChI is InChI=1S/C55H103N8O18P/c1-77-82(75,76)81-42-46-20-16-35-63(46)54(74)25-9-7-5-3-2-4-6-8-24-53(73)62-55(43-78-39-26-50(70)59-32-17-29-56-47(67)21-10-13-36-64,44-79-40-27-51(71)60-33-18-30-57-48(68)22-11-14-37-65)45-80-41-28-52(72)61-34-19-31-58-49(69)23-12-15-38-66/h46,64-66H,2-45H2,1H3,(H,56,67)(H,57,68)(H,58,69)(H,59,70)(H,60,71)(H,61,72)(H,62,73)(H,75,76)/t46-/m0/s1. The lowest BCUT2D eigenvalue weighted by Gasteiger charge is -2.34. The molecule has 2 atom stereocenters. The topological polar surface area (TPSA) is 368 Å². The number of carbonyl (C=O) groups excluding carboxylic acids is 8. The molecule has 1 unspecified atom stereocenters. The van der Waals surface area contributed by atoms with Gasteiger partial charge in [0.1, 0.15) is 5.54 Å². The van der Waals surface area contributed by atoms with E-state index in [1.807, 2.05) is 0 Å².